The number of fused-ring (bicyclic) bond motifs is 2. The summed E-state index contributed by atoms with van der Waals surface area (Å²) >= 11 is 2.02. The van der Waals surface area contributed by atoms with Gasteiger partial charge in [-0.3, -0.25) is 0 Å². The number of likely N-dealkylation sites (tertiary alicyclic amines) is 1. The normalized spacial score (nSPS) is 15.7. The van der Waals surface area contributed by atoms with Gasteiger partial charge in [0, 0.05) is 32.1 Å². The summed E-state index contributed by atoms with van der Waals surface area (Å²) in [6.07, 6.45) is 7.05. The van der Waals surface area contributed by atoms with E-state index < -0.39 is 0 Å². The van der Waals surface area contributed by atoms with Gasteiger partial charge in [0.15, 0.2) is 0 Å². The molecule has 212 valence electrons. The van der Waals surface area contributed by atoms with E-state index >= 15 is 0 Å². The molecule has 0 N–H and O–H groups in total. The third-order valence-corrected chi connectivity index (χ3v) is 10.00. The Hall–Kier alpha value is -2.82. The quantitative estimate of drug-likeness (QED) is 0.144. The molecule has 1 fully saturated rings. The van der Waals surface area contributed by atoms with Crippen molar-refractivity contribution >= 4 is 43.5 Å². The highest BCUT2D eigenvalue weighted by molar-refractivity contribution is 7.19. The number of allylic oxidation sites excluding steroid dienone is 1. The van der Waals surface area contributed by atoms with E-state index in [0.717, 1.165) is 23.3 Å². The van der Waals surface area contributed by atoms with Crippen LogP contribution in [0.25, 0.3) is 32.2 Å². The number of piperidine rings is 1. The number of methoxy groups -OCH3 is 2. The van der Waals surface area contributed by atoms with Gasteiger partial charge in [-0.1, -0.05) is 50.6 Å². The zero-order chi connectivity index (χ0) is 28.2. The van der Waals surface area contributed by atoms with Crippen molar-refractivity contribution in [2.45, 2.75) is 78.2 Å². The lowest BCUT2D eigenvalue weighted by Crippen LogP contribution is -2.37. The highest BCUT2D eigenvalue weighted by Crippen LogP contribution is 2.44. The van der Waals surface area contributed by atoms with Gasteiger partial charge in [-0.05, 0) is 111 Å². The molecule has 1 aliphatic rings. The van der Waals surface area contributed by atoms with Crippen LogP contribution in [0.3, 0.4) is 0 Å². The predicted octanol–water partition coefficient (Wildman–Crippen LogP) is 9.92. The molecular weight excluding hydrogens is 510 g/mol. The van der Waals surface area contributed by atoms with Gasteiger partial charge in [0.2, 0.25) is 0 Å². The molecule has 4 aromatic rings. The topological polar surface area (TPSA) is 21.7 Å². The summed E-state index contributed by atoms with van der Waals surface area (Å²) in [7, 11) is 3.57. The molecule has 0 aliphatic carbocycles. The molecule has 0 unspecified atom stereocenters. The van der Waals surface area contributed by atoms with E-state index in [1.807, 2.05) is 18.4 Å². The van der Waals surface area contributed by atoms with Gasteiger partial charge in [-0.25, -0.2) is 0 Å². The van der Waals surface area contributed by atoms with Crippen molar-refractivity contribution in [2.24, 2.45) is 0 Å². The van der Waals surface area contributed by atoms with E-state index in [0.29, 0.717) is 12.0 Å². The zero-order valence-corrected chi connectivity index (χ0v) is 26.0. The molecule has 4 heteroatoms. The fourth-order valence-electron chi connectivity index (χ4n) is 6.58. The van der Waals surface area contributed by atoms with Gasteiger partial charge in [0.25, 0.3) is 0 Å². The first kappa shape index (κ1) is 28.7. The number of aryl methyl sites for hydroxylation is 1. The van der Waals surface area contributed by atoms with Crippen LogP contribution in [0.15, 0.2) is 54.6 Å². The Balaban J connectivity index is 1.63. The number of hydrogen-bond acceptors (Lipinski definition) is 4. The second kappa shape index (κ2) is 12.8. The molecule has 0 saturated carbocycles. The van der Waals surface area contributed by atoms with Gasteiger partial charge in [-0.15, -0.1) is 11.3 Å². The minimum atomic E-state index is 0.627. The fraction of sp³-hybridized carbons (Fsp3) is 0.444. The highest BCUT2D eigenvalue weighted by Gasteiger charge is 2.27. The molecule has 40 heavy (non-hydrogen) atoms. The first-order chi connectivity index (χ1) is 19.5. The van der Waals surface area contributed by atoms with E-state index in [-0.39, 0.29) is 0 Å². The number of benzene rings is 3. The number of unbranched alkanes of at least 4 members (excludes halogenated alkanes) is 1. The molecule has 1 saturated heterocycles. The van der Waals surface area contributed by atoms with Crippen LogP contribution in [0.2, 0.25) is 0 Å². The lowest BCUT2D eigenvalue weighted by molar-refractivity contribution is 0.172. The molecule has 2 heterocycles. The first-order valence-corrected chi connectivity index (χ1v) is 15.9. The van der Waals surface area contributed by atoms with Crippen LogP contribution in [-0.2, 0) is 11.2 Å². The van der Waals surface area contributed by atoms with Crippen LogP contribution in [0, 0.1) is 0 Å². The summed E-state index contributed by atoms with van der Waals surface area (Å²) in [4.78, 5) is 4.25. The summed E-state index contributed by atoms with van der Waals surface area (Å²) < 4.78 is 13.3. The molecule has 3 aromatic carbocycles. The molecule has 3 nitrogen and oxygen atoms in total. The number of nitrogens with zero attached hydrogens (tertiary/aromatic N) is 1. The SMILES string of the molecule is CCCCc1sc2ccc(/C(OC)=C(/CC)c3ccc(OC)c4ccccc34)cc2c1C1CCN(C(C)C)CC1. The third kappa shape index (κ3) is 5.53. The minimum absolute atomic E-state index is 0.627. The van der Waals surface area contributed by atoms with Crippen molar-refractivity contribution in [3.63, 3.8) is 0 Å². The van der Waals surface area contributed by atoms with E-state index in [2.05, 4.69) is 87.2 Å². The molecule has 0 amide bonds. The highest BCUT2D eigenvalue weighted by atomic mass is 32.1. The maximum Gasteiger partial charge on any atom is 0.129 e. The largest absolute Gasteiger partial charge is 0.496 e. The molecular formula is C36H45NO2S. The van der Waals surface area contributed by atoms with Crippen LogP contribution in [0.5, 0.6) is 5.75 Å². The van der Waals surface area contributed by atoms with Gasteiger partial charge < -0.3 is 14.4 Å². The predicted molar refractivity (Wildman–Crippen MR) is 174 cm³/mol. The van der Waals surface area contributed by atoms with Gasteiger partial charge >= 0.3 is 0 Å². The van der Waals surface area contributed by atoms with E-state index in [1.165, 1.54) is 77.4 Å². The standard InChI is InChI=1S/C36H45NO2S/c1-7-9-14-34-35(25-19-21-37(22-20-25)24(3)4)31-23-26(15-18-33(31)40-34)36(39-6)27(8-2)29-16-17-32(38-5)30-13-11-10-12-28(29)30/h10-13,15-18,23-25H,7-9,14,19-22H2,1-6H3/b36-27+. The van der Waals surface area contributed by atoms with E-state index in [4.69, 9.17) is 9.47 Å². The summed E-state index contributed by atoms with van der Waals surface area (Å²) in [5.41, 5.74) is 5.24. The van der Waals surface area contributed by atoms with Crippen LogP contribution in [0.1, 0.15) is 87.3 Å². The monoisotopic (exact) mass is 555 g/mol. The van der Waals surface area contributed by atoms with Crippen LogP contribution in [-0.4, -0.2) is 38.3 Å². The summed E-state index contributed by atoms with van der Waals surface area (Å²) in [6.45, 7) is 11.6. The van der Waals surface area contributed by atoms with Crippen LogP contribution < -0.4 is 4.74 Å². The average molecular weight is 556 g/mol. The van der Waals surface area contributed by atoms with Gasteiger partial charge in [-0.2, -0.15) is 0 Å². The first-order valence-electron chi connectivity index (χ1n) is 15.1. The van der Waals surface area contributed by atoms with E-state index in [1.54, 1.807) is 17.6 Å². The summed E-state index contributed by atoms with van der Waals surface area (Å²) in [6, 6.07) is 20.5. The number of rotatable bonds is 10. The Labute approximate surface area is 244 Å². The lowest BCUT2D eigenvalue weighted by atomic mass is 9.85. The van der Waals surface area contributed by atoms with Crippen molar-refractivity contribution in [3.8, 4) is 5.75 Å². The Morgan fingerprint density at radius 2 is 1.70 bits per heavy atom. The Morgan fingerprint density at radius 3 is 2.35 bits per heavy atom. The van der Waals surface area contributed by atoms with Crippen molar-refractivity contribution in [1.82, 2.24) is 4.90 Å². The van der Waals surface area contributed by atoms with Gasteiger partial charge in [0.1, 0.15) is 11.5 Å². The van der Waals surface area contributed by atoms with E-state index in [9.17, 15) is 0 Å². The molecule has 1 aliphatic heterocycles. The molecule has 0 bridgehead atoms. The Kier molecular flexibility index (Phi) is 9.17. The zero-order valence-electron chi connectivity index (χ0n) is 25.2. The minimum Gasteiger partial charge on any atom is -0.496 e. The Bertz CT molecular complexity index is 1490. The molecule has 0 radical (unpaired) electrons. The summed E-state index contributed by atoms with van der Waals surface area (Å²) in [5.74, 6) is 2.51. The summed E-state index contributed by atoms with van der Waals surface area (Å²) in [5, 5.41) is 3.78. The van der Waals surface area contributed by atoms with Gasteiger partial charge in [0.05, 0.1) is 14.2 Å². The van der Waals surface area contributed by atoms with Crippen molar-refractivity contribution in [2.75, 3.05) is 27.3 Å². The maximum absolute atomic E-state index is 6.24. The number of ether oxygens (including phenoxy) is 2. The van der Waals surface area contributed by atoms with Crippen LogP contribution in [0.4, 0.5) is 0 Å². The number of hydrogen-bond donors (Lipinski definition) is 0. The second-order valence-electron chi connectivity index (χ2n) is 11.4. The maximum atomic E-state index is 6.24. The van der Waals surface area contributed by atoms with Crippen molar-refractivity contribution in [3.05, 3.63) is 76.2 Å². The molecule has 0 spiro atoms. The van der Waals surface area contributed by atoms with Crippen molar-refractivity contribution in [1.29, 1.82) is 0 Å². The fourth-order valence-corrected chi connectivity index (χ4v) is 7.90. The lowest BCUT2D eigenvalue weighted by Gasteiger charge is -2.35. The Morgan fingerprint density at radius 1 is 0.950 bits per heavy atom. The number of thiophene rings is 1. The third-order valence-electron chi connectivity index (χ3n) is 8.75. The molecule has 5 rings (SSSR count). The van der Waals surface area contributed by atoms with Crippen molar-refractivity contribution < 1.29 is 9.47 Å². The molecule has 0 atom stereocenters. The molecule has 1 aromatic heterocycles. The average Bonchev–Trinajstić information content (AvgIpc) is 3.35. The van der Waals surface area contributed by atoms with Crippen LogP contribution >= 0.6 is 11.3 Å². The smallest absolute Gasteiger partial charge is 0.129 e. The second-order valence-corrected chi connectivity index (χ2v) is 12.5.